The fraction of sp³-hybridized carbons (Fsp3) is 0.385. The SMILES string of the molecule is CCC1(C)C(=O)NC(=O)N1Cc1cc(F)ccc1F. The zero-order chi connectivity index (χ0) is 14.2. The average molecular weight is 268 g/mol. The van der Waals surface area contributed by atoms with Gasteiger partial charge in [-0.2, -0.15) is 0 Å². The van der Waals surface area contributed by atoms with E-state index in [0.717, 1.165) is 18.2 Å². The molecule has 1 unspecified atom stereocenters. The Kier molecular flexibility index (Phi) is 3.26. The number of urea groups is 1. The number of rotatable bonds is 3. The van der Waals surface area contributed by atoms with Crippen molar-refractivity contribution in [2.75, 3.05) is 0 Å². The fourth-order valence-corrected chi connectivity index (χ4v) is 2.08. The van der Waals surface area contributed by atoms with Crippen LogP contribution >= 0.6 is 0 Å². The highest BCUT2D eigenvalue weighted by molar-refractivity contribution is 6.06. The molecule has 0 spiro atoms. The second-order valence-corrected chi connectivity index (χ2v) is 4.71. The third-order valence-corrected chi connectivity index (χ3v) is 3.58. The van der Waals surface area contributed by atoms with Crippen LogP contribution in [0.15, 0.2) is 18.2 Å². The minimum atomic E-state index is -1.03. The second-order valence-electron chi connectivity index (χ2n) is 4.71. The molecule has 0 bridgehead atoms. The molecule has 1 aromatic rings. The van der Waals surface area contributed by atoms with E-state index in [1.54, 1.807) is 13.8 Å². The molecule has 6 heteroatoms. The van der Waals surface area contributed by atoms with Gasteiger partial charge in [0.05, 0.1) is 6.54 Å². The van der Waals surface area contributed by atoms with Crippen molar-refractivity contribution >= 4 is 11.9 Å². The molecule has 19 heavy (non-hydrogen) atoms. The van der Waals surface area contributed by atoms with E-state index in [1.165, 1.54) is 4.90 Å². The molecule has 3 amide bonds. The maximum Gasteiger partial charge on any atom is 0.325 e. The lowest BCUT2D eigenvalue weighted by Crippen LogP contribution is -2.46. The number of carbonyl (C=O) groups excluding carboxylic acids is 2. The first-order valence-electron chi connectivity index (χ1n) is 5.95. The third kappa shape index (κ3) is 2.18. The van der Waals surface area contributed by atoms with Gasteiger partial charge in [0.1, 0.15) is 17.2 Å². The largest absolute Gasteiger partial charge is 0.325 e. The number of hydrogen-bond donors (Lipinski definition) is 1. The average Bonchev–Trinajstić information content (AvgIpc) is 2.58. The summed E-state index contributed by atoms with van der Waals surface area (Å²) in [6.07, 6.45) is 0.390. The van der Waals surface area contributed by atoms with Crippen LogP contribution in [0.2, 0.25) is 0 Å². The van der Waals surface area contributed by atoms with Crippen molar-refractivity contribution in [3.05, 3.63) is 35.4 Å². The minimum absolute atomic E-state index is 0.0459. The zero-order valence-corrected chi connectivity index (χ0v) is 10.7. The number of halogens is 2. The number of imide groups is 1. The lowest BCUT2D eigenvalue weighted by molar-refractivity contribution is -0.126. The van der Waals surface area contributed by atoms with E-state index in [-0.39, 0.29) is 12.1 Å². The molecular weight excluding hydrogens is 254 g/mol. The molecule has 0 aromatic heterocycles. The van der Waals surface area contributed by atoms with E-state index < -0.39 is 29.1 Å². The molecule has 1 aromatic carbocycles. The topological polar surface area (TPSA) is 49.4 Å². The van der Waals surface area contributed by atoms with Crippen LogP contribution in [0.5, 0.6) is 0 Å². The van der Waals surface area contributed by atoms with Crippen LogP contribution in [0.1, 0.15) is 25.8 Å². The maximum absolute atomic E-state index is 13.6. The molecule has 0 radical (unpaired) electrons. The molecule has 1 aliphatic heterocycles. The summed E-state index contributed by atoms with van der Waals surface area (Å²) in [7, 11) is 0. The zero-order valence-electron chi connectivity index (χ0n) is 10.7. The Labute approximate surface area is 109 Å². The number of carbonyl (C=O) groups is 2. The van der Waals surface area contributed by atoms with Gasteiger partial charge in [-0.25, -0.2) is 13.6 Å². The Morgan fingerprint density at radius 2 is 2.00 bits per heavy atom. The van der Waals surface area contributed by atoms with Crippen molar-refractivity contribution in [3.63, 3.8) is 0 Å². The standard InChI is InChI=1S/C13H14F2N2O2/c1-3-13(2)11(18)16-12(19)17(13)7-8-6-9(14)4-5-10(8)15/h4-6H,3,7H2,1-2H3,(H,16,18,19). The van der Waals surface area contributed by atoms with Crippen LogP contribution in [0.3, 0.4) is 0 Å². The van der Waals surface area contributed by atoms with E-state index in [1.807, 2.05) is 0 Å². The normalized spacial score (nSPS) is 22.8. The molecule has 102 valence electrons. The Morgan fingerprint density at radius 3 is 2.63 bits per heavy atom. The lowest BCUT2D eigenvalue weighted by atomic mass is 9.97. The molecule has 1 heterocycles. The molecule has 1 N–H and O–H groups in total. The van der Waals surface area contributed by atoms with Crippen molar-refractivity contribution < 1.29 is 18.4 Å². The van der Waals surface area contributed by atoms with Gasteiger partial charge in [-0.3, -0.25) is 10.1 Å². The molecule has 0 aliphatic carbocycles. The predicted molar refractivity (Wildman–Crippen MR) is 64.1 cm³/mol. The Bertz CT molecular complexity index is 547. The van der Waals surface area contributed by atoms with Crippen LogP contribution < -0.4 is 5.32 Å². The Morgan fingerprint density at radius 1 is 1.32 bits per heavy atom. The number of nitrogens with one attached hydrogen (secondary N) is 1. The van der Waals surface area contributed by atoms with Gasteiger partial charge in [0.2, 0.25) is 0 Å². The van der Waals surface area contributed by atoms with E-state index in [2.05, 4.69) is 5.32 Å². The molecule has 1 aliphatic rings. The third-order valence-electron chi connectivity index (χ3n) is 3.58. The van der Waals surface area contributed by atoms with Crippen molar-refractivity contribution in [2.45, 2.75) is 32.4 Å². The number of hydrogen-bond acceptors (Lipinski definition) is 2. The van der Waals surface area contributed by atoms with E-state index in [9.17, 15) is 18.4 Å². The Balaban J connectivity index is 2.34. The van der Waals surface area contributed by atoms with Crippen LogP contribution in [0.4, 0.5) is 13.6 Å². The molecular formula is C13H14F2N2O2. The maximum atomic E-state index is 13.6. The van der Waals surface area contributed by atoms with Gasteiger partial charge in [0.25, 0.3) is 5.91 Å². The van der Waals surface area contributed by atoms with Crippen molar-refractivity contribution in [1.29, 1.82) is 0 Å². The van der Waals surface area contributed by atoms with Gasteiger partial charge in [-0.1, -0.05) is 6.92 Å². The minimum Gasteiger partial charge on any atom is -0.306 e. The number of benzene rings is 1. The predicted octanol–water partition coefficient (Wildman–Crippen LogP) is 2.19. The highest BCUT2D eigenvalue weighted by Gasteiger charge is 2.47. The first-order valence-corrected chi connectivity index (χ1v) is 5.95. The monoisotopic (exact) mass is 268 g/mol. The molecule has 1 atom stereocenters. The van der Waals surface area contributed by atoms with Crippen LogP contribution in [0, 0.1) is 11.6 Å². The van der Waals surface area contributed by atoms with Crippen LogP contribution in [0.25, 0.3) is 0 Å². The fourth-order valence-electron chi connectivity index (χ4n) is 2.08. The summed E-state index contributed by atoms with van der Waals surface area (Å²) in [5, 5.41) is 2.19. The molecule has 0 saturated carbocycles. The smallest absolute Gasteiger partial charge is 0.306 e. The van der Waals surface area contributed by atoms with Gasteiger partial charge < -0.3 is 4.90 Å². The summed E-state index contributed by atoms with van der Waals surface area (Å²) in [6, 6.07) is 2.45. The molecule has 2 rings (SSSR count). The van der Waals surface area contributed by atoms with Crippen LogP contribution in [-0.4, -0.2) is 22.4 Å². The van der Waals surface area contributed by atoms with Gasteiger partial charge in [-0.15, -0.1) is 0 Å². The highest BCUT2D eigenvalue weighted by atomic mass is 19.1. The van der Waals surface area contributed by atoms with Gasteiger partial charge in [0, 0.05) is 5.56 Å². The highest BCUT2D eigenvalue weighted by Crippen LogP contribution is 2.27. The first-order chi connectivity index (χ1) is 8.88. The van der Waals surface area contributed by atoms with E-state index in [4.69, 9.17) is 0 Å². The number of amides is 3. The summed E-state index contributed by atoms with van der Waals surface area (Å²) >= 11 is 0. The summed E-state index contributed by atoms with van der Waals surface area (Å²) in [6.45, 7) is 3.21. The van der Waals surface area contributed by atoms with E-state index in [0.29, 0.717) is 6.42 Å². The molecule has 4 nitrogen and oxygen atoms in total. The number of nitrogens with zero attached hydrogens (tertiary/aromatic N) is 1. The second kappa shape index (κ2) is 4.60. The van der Waals surface area contributed by atoms with Gasteiger partial charge in [0.15, 0.2) is 0 Å². The quantitative estimate of drug-likeness (QED) is 0.854. The van der Waals surface area contributed by atoms with E-state index >= 15 is 0 Å². The summed E-state index contributed by atoms with van der Waals surface area (Å²) < 4.78 is 26.7. The Hall–Kier alpha value is -1.98. The summed E-state index contributed by atoms with van der Waals surface area (Å²) in [5.74, 6) is -1.61. The van der Waals surface area contributed by atoms with Gasteiger partial charge in [-0.05, 0) is 31.5 Å². The summed E-state index contributed by atoms with van der Waals surface area (Å²) in [5.41, 5.74) is -0.986. The lowest BCUT2D eigenvalue weighted by Gasteiger charge is -2.30. The summed E-state index contributed by atoms with van der Waals surface area (Å²) in [4.78, 5) is 24.7. The van der Waals surface area contributed by atoms with Crippen LogP contribution in [-0.2, 0) is 11.3 Å². The van der Waals surface area contributed by atoms with Crippen molar-refractivity contribution in [2.24, 2.45) is 0 Å². The molecule has 1 saturated heterocycles. The van der Waals surface area contributed by atoms with Crippen molar-refractivity contribution in [3.8, 4) is 0 Å². The molecule has 1 fully saturated rings. The van der Waals surface area contributed by atoms with Crippen molar-refractivity contribution in [1.82, 2.24) is 10.2 Å². The first kappa shape index (κ1) is 13.5. The van der Waals surface area contributed by atoms with Gasteiger partial charge >= 0.3 is 6.03 Å².